The van der Waals surface area contributed by atoms with Gasteiger partial charge in [-0.2, -0.15) is 0 Å². The minimum absolute atomic E-state index is 0.708. The van der Waals surface area contributed by atoms with Gasteiger partial charge in [-0.25, -0.2) is 4.79 Å². The van der Waals surface area contributed by atoms with Crippen LogP contribution in [0.2, 0.25) is 0 Å². The fourth-order valence-electron chi connectivity index (χ4n) is 0.815. The van der Waals surface area contributed by atoms with Crippen LogP contribution in [-0.4, -0.2) is 28.0 Å². The Morgan fingerprint density at radius 3 is 2.86 bits per heavy atom. The molecule has 1 N–H and O–H groups in total. The highest BCUT2D eigenvalue weighted by Crippen LogP contribution is 2.09. The number of H-pyrrole nitrogens is 1. The molecule has 74 valence electrons. The van der Waals surface area contributed by atoms with Crippen molar-refractivity contribution in [2.75, 3.05) is 7.11 Å². The lowest BCUT2D eigenvalue weighted by Gasteiger charge is -1.97. The van der Waals surface area contributed by atoms with Crippen LogP contribution in [0.3, 0.4) is 0 Å². The lowest BCUT2D eigenvalue weighted by Crippen LogP contribution is -2.21. The van der Waals surface area contributed by atoms with Gasteiger partial charge >= 0.3 is 11.8 Å². The number of aromatic amines is 1. The number of carbonyl (C=O) groups excluding carboxylic acids is 1. The molecule has 0 amide bonds. The summed E-state index contributed by atoms with van der Waals surface area (Å²) in [6, 6.07) is 0. The third-order valence-electron chi connectivity index (χ3n) is 1.40. The summed E-state index contributed by atoms with van der Waals surface area (Å²) in [5.41, 5.74) is -1.61. The highest BCUT2D eigenvalue weighted by molar-refractivity contribution is 5.92. The van der Waals surface area contributed by atoms with Crippen LogP contribution in [0.15, 0.2) is 11.1 Å². The van der Waals surface area contributed by atoms with Crippen molar-refractivity contribution in [2.45, 2.75) is 0 Å². The van der Waals surface area contributed by atoms with Crippen molar-refractivity contribution in [3.63, 3.8) is 0 Å². The molecule has 8 nitrogen and oxygen atoms in total. The second-order valence-corrected chi connectivity index (χ2v) is 2.18. The third kappa shape index (κ3) is 1.58. The predicted octanol–water partition coefficient (Wildman–Crippen LogP) is -0.535. The zero-order valence-corrected chi connectivity index (χ0v) is 7.01. The summed E-state index contributed by atoms with van der Waals surface area (Å²) in [6.45, 7) is 0. The van der Waals surface area contributed by atoms with Crippen molar-refractivity contribution in [1.82, 2.24) is 9.97 Å². The van der Waals surface area contributed by atoms with Gasteiger partial charge in [0.2, 0.25) is 11.9 Å². The number of rotatable bonds is 2. The second kappa shape index (κ2) is 3.64. The molecule has 0 aromatic carbocycles. The van der Waals surface area contributed by atoms with Crippen LogP contribution in [0.1, 0.15) is 10.4 Å². The van der Waals surface area contributed by atoms with Crippen molar-refractivity contribution < 1.29 is 14.5 Å². The monoisotopic (exact) mass is 199 g/mol. The highest BCUT2D eigenvalue weighted by Gasteiger charge is 2.26. The number of nitro groups is 1. The molecule has 1 heterocycles. The van der Waals surface area contributed by atoms with E-state index in [9.17, 15) is 19.7 Å². The van der Waals surface area contributed by atoms with E-state index in [-0.39, 0.29) is 0 Å². The minimum Gasteiger partial charge on any atom is -0.465 e. The number of methoxy groups -OCH3 is 1. The molecule has 0 radical (unpaired) electrons. The molecule has 0 unspecified atom stereocenters. The topological polar surface area (TPSA) is 115 Å². The molecule has 1 aromatic heterocycles. The average Bonchev–Trinajstić information content (AvgIpc) is 2.16. The summed E-state index contributed by atoms with van der Waals surface area (Å²) < 4.78 is 4.20. The van der Waals surface area contributed by atoms with Crippen LogP contribution in [0.4, 0.5) is 5.82 Å². The lowest BCUT2D eigenvalue weighted by atomic mass is 10.3. The van der Waals surface area contributed by atoms with Gasteiger partial charge in [-0.3, -0.25) is 9.78 Å². The molecule has 0 fully saturated rings. The second-order valence-electron chi connectivity index (χ2n) is 2.18. The Balaban J connectivity index is 3.45. The van der Waals surface area contributed by atoms with Gasteiger partial charge in [0.05, 0.1) is 7.11 Å². The van der Waals surface area contributed by atoms with E-state index >= 15 is 0 Å². The van der Waals surface area contributed by atoms with E-state index in [1.54, 1.807) is 0 Å². The number of ether oxygens (including phenoxy) is 1. The number of hydrogen-bond acceptors (Lipinski definition) is 6. The van der Waals surface area contributed by atoms with E-state index in [4.69, 9.17) is 0 Å². The average molecular weight is 199 g/mol. The van der Waals surface area contributed by atoms with E-state index in [0.29, 0.717) is 0 Å². The summed E-state index contributed by atoms with van der Waals surface area (Å²) in [7, 11) is 1.01. The SMILES string of the molecule is COC(=O)c1c([N+](=O)[O-])nc[nH]c1=O. The molecule has 0 saturated heterocycles. The van der Waals surface area contributed by atoms with Crippen LogP contribution in [-0.2, 0) is 4.74 Å². The van der Waals surface area contributed by atoms with Crippen molar-refractivity contribution in [2.24, 2.45) is 0 Å². The molecule has 0 aliphatic heterocycles. The molecular formula is C6H5N3O5. The fraction of sp³-hybridized carbons (Fsp3) is 0.167. The van der Waals surface area contributed by atoms with Gasteiger partial charge in [0.25, 0.3) is 5.56 Å². The number of aromatic nitrogens is 2. The van der Waals surface area contributed by atoms with E-state index in [1.165, 1.54) is 0 Å². The van der Waals surface area contributed by atoms with E-state index < -0.39 is 27.8 Å². The molecule has 1 aromatic rings. The molecule has 8 heteroatoms. The number of hydrogen-bond donors (Lipinski definition) is 1. The summed E-state index contributed by atoms with van der Waals surface area (Å²) in [4.78, 5) is 36.8. The van der Waals surface area contributed by atoms with Gasteiger partial charge < -0.3 is 14.9 Å². The van der Waals surface area contributed by atoms with Crippen LogP contribution in [0, 0.1) is 10.1 Å². The first-order valence-corrected chi connectivity index (χ1v) is 3.38. The van der Waals surface area contributed by atoms with E-state index in [1.807, 2.05) is 4.98 Å². The number of esters is 1. The van der Waals surface area contributed by atoms with Crippen molar-refractivity contribution in [1.29, 1.82) is 0 Å². The van der Waals surface area contributed by atoms with Gasteiger partial charge in [-0.05, 0) is 9.91 Å². The van der Waals surface area contributed by atoms with E-state index in [2.05, 4.69) is 9.72 Å². The standard InChI is InChI=1S/C6H5N3O5/c1-14-6(11)3-4(9(12)13)7-2-8-5(3)10/h2H,1H3,(H,7,8,10). The van der Waals surface area contributed by atoms with E-state index in [0.717, 1.165) is 13.4 Å². The maximum absolute atomic E-state index is 11.0. The van der Waals surface area contributed by atoms with Gasteiger partial charge in [-0.15, -0.1) is 0 Å². The predicted molar refractivity (Wildman–Crippen MR) is 42.9 cm³/mol. The first-order valence-electron chi connectivity index (χ1n) is 3.38. The van der Waals surface area contributed by atoms with Crippen LogP contribution in [0.25, 0.3) is 0 Å². The van der Waals surface area contributed by atoms with Crippen molar-refractivity contribution in [3.8, 4) is 0 Å². The summed E-state index contributed by atoms with van der Waals surface area (Å²) >= 11 is 0. The molecule has 0 aliphatic carbocycles. The van der Waals surface area contributed by atoms with Gasteiger partial charge in [0.15, 0.2) is 0 Å². The van der Waals surface area contributed by atoms with Gasteiger partial charge in [0, 0.05) is 0 Å². The smallest absolute Gasteiger partial charge is 0.385 e. The first-order chi connectivity index (χ1) is 6.57. The molecular weight excluding hydrogens is 194 g/mol. The molecule has 0 spiro atoms. The maximum atomic E-state index is 11.0. The summed E-state index contributed by atoms with van der Waals surface area (Å²) in [5.74, 6) is -1.91. The summed E-state index contributed by atoms with van der Waals surface area (Å²) in [5, 5.41) is 10.4. The minimum atomic E-state index is -1.09. The lowest BCUT2D eigenvalue weighted by molar-refractivity contribution is -0.390. The zero-order chi connectivity index (χ0) is 10.7. The number of nitrogens with one attached hydrogen (secondary N) is 1. The molecule has 0 bridgehead atoms. The Kier molecular flexibility index (Phi) is 2.56. The molecule has 0 atom stereocenters. The number of carbonyl (C=O) groups is 1. The molecule has 1 rings (SSSR count). The molecule has 0 saturated carbocycles. The zero-order valence-electron chi connectivity index (χ0n) is 7.01. The summed E-state index contributed by atoms with van der Waals surface area (Å²) in [6.07, 6.45) is 0.840. The quantitative estimate of drug-likeness (QED) is 0.388. The Morgan fingerprint density at radius 2 is 2.36 bits per heavy atom. The van der Waals surface area contributed by atoms with Gasteiger partial charge in [0.1, 0.15) is 0 Å². The largest absolute Gasteiger partial charge is 0.465 e. The van der Waals surface area contributed by atoms with Gasteiger partial charge in [-0.1, -0.05) is 0 Å². The number of nitrogens with zero attached hydrogens (tertiary/aromatic N) is 2. The maximum Gasteiger partial charge on any atom is 0.385 e. The first kappa shape index (κ1) is 9.84. The Labute approximate surface area is 76.7 Å². The van der Waals surface area contributed by atoms with Crippen molar-refractivity contribution in [3.05, 3.63) is 32.4 Å². The Hall–Kier alpha value is -2.25. The normalized spacial score (nSPS) is 9.50. The van der Waals surface area contributed by atoms with Crippen LogP contribution in [0.5, 0.6) is 0 Å². The van der Waals surface area contributed by atoms with Crippen LogP contribution < -0.4 is 5.56 Å². The molecule has 14 heavy (non-hydrogen) atoms. The third-order valence-corrected chi connectivity index (χ3v) is 1.40. The van der Waals surface area contributed by atoms with Crippen molar-refractivity contribution >= 4 is 11.8 Å². The highest BCUT2D eigenvalue weighted by atomic mass is 16.6. The van der Waals surface area contributed by atoms with Crippen LogP contribution >= 0.6 is 0 Å². The Bertz CT molecular complexity index is 437. The Morgan fingerprint density at radius 1 is 1.71 bits per heavy atom. The fourth-order valence-corrected chi connectivity index (χ4v) is 0.815. The molecule has 0 aliphatic rings.